The number of fused-ring (bicyclic) bond motifs is 2. The number of likely N-dealkylation sites (N-methyl/N-ethyl adjacent to an activating group) is 1. The van der Waals surface area contributed by atoms with Gasteiger partial charge in [0.1, 0.15) is 23.7 Å². The molecule has 40 heavy (non-hydrogen) atoms. The number of benzene rings is 3. The molecule has 7 nitrogen and oxygen atoms in total. The van der Waals surface area contributed by atoms with Gasteiger partial charge in [-0.2, -0.15) is 9.97 Å². The molecular formula is C30H30Cl2FN5O2. The van der Waals surface area contributed by atoms with E-state index in [9.17, 15) is 5.11 Å². The summed E-state index contributed by atoms with van der Waals surface area (Å²) in [6.45, 7) is 5.08. The van der Waals surface area contributed by atoms with E-state index in [1.807, 2.05) is 6.07 Å². The van der Waals surface area contributed by atoms with Crippen molar-refractivity contribution in [3.05, 3.63) is 52.3 Å². The van der Waals surface area contributed by atoms with Gasteiger partial charge in [0, 0.05) is 52.4 Å². The third kappa shape index (κ3) is 4.33. The van der Waals surface area contributed by atoms with Gasteiger partial charge < -0.3 is 25.0 Å². The topological polar surface area (TPSA) is 73.8 Å². The number of phenolic OH excluding ortho intramolecular Hbond substituents is 1. The van der Waals surface area contributed by atoms with E-state index in [1.165, 1.54) is 6.07 Å². The van der Waals surface area contributed by atoms with Crippen molar-refractivity contribution >= 4 is 50.7 Å². The zero-order valence-electron chi connectivity index (χ0n) is 22.2. The van der Waals surface area contributed by atoms with Crippen LogP contribution in [-0.4, -0.2) is 72.4 Å². The molecule has 3 fully saturated rings. The maximum atomic E-state index is 16.7. The van der Waals surface area contributed by atoms with E-state index < -0.39 is 5.82 Å². The number of ether oxygens (including phenoxy) is 1. The quantitative estimate of drug-likeness (QED) is 0.305. The zero-order valence-corrected chi connectivity index (χ0v) is 23.7. The van der Waals surface area contributed by atoms with Gasteiger partial charge in [-0.05, 0) is 74.6 Å². The molecule has 4 aromatic rings. The Morgan fingerprint density at radius 3 is 2.77 bits per heavy atom. The highest BCUT2D eigenvalue weighted by Gasteiger charge is 2.46. The summed E-state index contributed by atoms with van der Waals surface area (Å²) in [5, 5.41) is 16.4. The van der Waals surface area contributed by atoms with Crippen LogP contribution in [-0.2, 0) is 0 Å². The minimum atomic E-state index is -0.599. The van der Waals surface area contributed by atoms with Gasteiger partial charge in [-0.1, -0.05) is 35.3 Å². The number of phenols is 1. The molecule has 1 atom stereocenters. The minimum Gasteiger partial charge on any atom is -0.508 e. The highest BCUT2D eigenvalue weighted by atomic mass is 35.5. The Morgan fingerprint density at radius 2 is 2.02 bits per heavy atom. The number of likely N-dealkylation sites (tertiary alicyclic amines) is 1. The first-order valence-electron chi connectivity index (χ1n) is 13.7. The Hall–Kier alpha value is -2.91. The Labute approximate surface area is 241 Å². The Bertz CT molecular complexity index is 1640. The van der Waals surface area contributed by atoms with Crippen LogP contribution in [0, 0.1) is 11.2 Å². The number of rotatable bonds is 5. The molecular weight excluding hydrogens is 552 g/mol. The standard InChI is InChI=1S/C30H30Cl2FN5O2/c1-37-9-3-5-18(37)13-40-29-35-27-21(28(36-29)38-15-30(16-38)7-8-34-14-30)12-23(32)25(26(27)33)20-11-19(39)10-17-4-2-6-22(31)24(17)20/h2,4,6,10-12,18,34,39H,3,5,7-9,13-16H2,1H3/t18-/m0/s1. The van der Waals surface area contributed by atoms with Gasteiger partial charge in [0.05, 0.1) is 5.02 Å². The lowest BCUT2D eigenvalue weighted by Crippen LogP contribution is -2.57. The first-order valence-corrected chi connectivity index (χ1v) is 14.5. The van der Waals surface area contributed by atoms with E-state index in [-0.39, 0.29) is 39.3 Å². The van der Waals surface area contributed by atoms with Crippen molar-refractivity contribution < 1.29 is 14.2 Å². The van der Waals surface area contributed by atoms with Crippen LogP contribution in [0.1, 0.15) is 19.3 Å². The van der Waals surface area contributed by atoms with Gasteiger partial charge in [0.2, 0.25) is 0 Å². The van der Waals surface area contributed by atoms with Crippen molar-refractivity contribution in [3.63, 3.8) is 0 Å². The van der Waals surface area contributed by atoms with Gasteiger partial charge in [0.15, 0.2) is 5.82 Å². The Morgan fingerprint density at radius 1 is 1.18 bits per heavy atom. The minimum absolute atomic E-state index is 0.00976. The maximum absolute atomic E-state index is 16.7. The number of aromatic nitrogens is 2. The van der Waals surface area contributed by atoms with Crippen LogP contribution in [0.5, 0.6) is 11.8 Å². The molecule has 0 unspecified atom stereocenters. The summed E-state index contributed by atoms with van der Waals surface area (Å²) in [6.07, 6.45) is 3.27. The van der Waals surface area contributed by atoms with Crippen LogP contribution in [0.3, 0.4) is 0 Å². The smallest absolute Gasteiger partial charge is 0.319 e. The second-order valence-corrected chi connectivity index (χ2v) is 12.3. The van der Waals surface area contributed by atoms with Crippen LogP contribution >= 0.6 is 23.2 Å². The van der Waals surface area contributed by atoms with Crippen molar-refractivity contribution in [1.29, 1.82) is 0 Å². The molecule has 3 saturated heterocycles. The van der Waals surface area contributed by atoms with Crippen molar-refractivity contribution in [3.8, 4) is 22.9 Å². The molecule has 0 bridgehead atoms. The van der Waals surface area contributed by atoms with Crippen LogP contribution in [0.2, 0.25) is 10.0 Å². The summed E-state index contributed by atoms with van der Waals surface area (Å²) in [5.41, 5.74) is 0.882. The molecule has 7 rings (SSSR count). The largest absolute Gasteiger partial charge is 0.508 e. The van der Waals surface area contributed by atoms with Crippen LogP contribution < -0.4 is 15.0 Å². The molecule has 10 heteroatoms. The van der Waals surface area contributed by atoms with E-state index >= 15 is 4.39 Å². The SMILES string of the molecule is CN1CCC[C@H]1COc1nc(N2CC3(CCNC3)C2)c2cc(Cl)c(-c3cc(O)cc4cccc(Cl)c34)c(F)c2n1. The van der Waals surface area contributed by atoms with Gasteiger partial charge in [0.25, 0.3) is 0 Å². The van der Waals surface area contributed by atoms with Gasteiger partial charge >= 0.3 is 6.01 Å². The lowest BCUT2D eigenvalue weighted by Gasteiger charge is -2.48. The highest BCUT2D eigenvalue weighted by molar-refractivity contribution is 6.38. The summed E-state index contributed by atoms with van der Waals surface area (Å²) in [4.78, 5) is 13.8. The highest BCUT2D eigenvalue weighted by Crippen LogP contribution is 2.46. The fraction of sp³-hybridized carbons (Fsp3) is 0.400. The monoisotopic (exact) mass is 581 g/mol. The molecule has 1 spiro atoms. The third-order valence-corrected chi connectivity index (χ3v) is 9.40. The number of hydrogen-bond acceptors (Lipinski definition) is 7. The van der Waals surface area contributed by atoms with Crippen LogP contribution in [0.4, 0.5) is 10.2 Å². The zero-order chi connectivity index (χ0) is 27.6. The molecule has 3 aromatic carbocycles. The lowest BCUT2D eigenvalue weighted by molar-refractivity contribution is 0.187. The maximum Gasteiger partial charge on any atom is 0.319 e. The summed E-state index contributed by atoms with van der Waals surface area (Å²) in [6, 6.07) is 10.6. The summed E-state index contributed by atoms with van der Waals surface area (Å²) < 4.78 is 22.8. The number of nitrogens with zero attached hydrogens (tertiary/aromatic N) is 4. The first-order chi connectivity index (χ1) is 19.3. The Balaban J connectivity index is 1.37. The third-order valence-electron chi connectivity index (χ3n) is 8.78. The van der Waals surface area contributed by atoms with Gasteiger partial charge in [-0.25, -0.2) is 4.39 Å². The summed E-state index contributed by atoms with van der Waals surface area (Å²) in [5.74, 6) is 0.0199. The average molecular weight is 583 g/mol. The van der Waals surface area contributed by atoms with Crippen molar-refractivity contribution in [2.75, 3.05) is 51.3 Å². The number of halogens is 3. The molecule has 0 aliphatic carbocycles. The number of aromatic hydroxyl groups is 1. The molecule has 208 valence electrons. The van der Waals surface area contributed by atoms with E-state index in [0.717, 1.165) is 52.0 Å². The molecule has 1 aromatic heterocycles. The normalized spacial score (nSPS) is 20.6. The first kappa shape index (κ1) is 26.0. The van der Waals surface area contributed by atoms with Crippen LogP contribution in [0.25, 0.3) is 32.8 Å². The molecule has 0 saturated carbocycles. The van der Waals surface area contributed by atoms with Crippen LogP contribution in [0.15, 0.2) is 36.4 Å². The number of anilines is 1. The molecule has 3 aliphatic heterocycles. The van der Waals surface area contributed by atoms with E-state index in [1.54, 1.807) is 24.3 Å². The van der Waals surface area contributed by atoms with Gasteiger partial charge in [-0.3, -0.25) is 0 Å². The van der Waals surface area contributed by atoms with Crippen molar-refractivity contribution in [1.82, 2.24) is 20.2 Å². The van der Waals surface area contributed by atoms with E-state index in [4.69, 9.17) is 32.9 Å². The average Bonchev–Trinajstić information content (AvgIpc) is 3.56. The number of nitrogens with one attached hydrogen (secondary N) is 1. The molecule has 3 aliphatic rings. The predicted octanol–water partition coefficient (Wildman–Crippen LogP) is 5.87. The predicted molar refractivity (Wildman–Crippen MR) is 157 cm³/mol. The second-order valence-electron chi connectivity index (χ2n) is 11.5. The summed E-state index contributed by atoms with van der Waals surface area (Å²) in [7, 11) is 2.08. The van der Waals surface area contributed by atoms with Crippen molar-refractivity contribution in [2.45, 2.75) is 25.3 Å². The van der Waals surface area contributed by atoms with E-state index in [0.29, 0.717) is 39.2 Å². The Kier molecular flexibility index (Phi) is 6.42. The van der Waals surface area contributed by atoms with E-state index in [2.05, 4.69) is 27.1 Å². The van der Waals surface area contributed by atoms with Gasteiger partial charge in [-0.15, -0.1) is 0 Å². The molecule has 4 heterocycles. The molecule has 0 amide bonds. The second kappa shape index (κ2) is 9.87. The fourth-order valence-corrected chi connectivity index (χ4v) is 7.19. The molecule has 0 radical (unpaired) electrons. The fourth-order valence-electron chi connectivity index (χ4n) is 6.62. The summed E-state index contributed by atoms with van der Waals surface area (Å²) >= 11 is 13.4. The molecule has 2 N–H and O–H groups in total. The van der Waals surface area contributed by atoms with Crippen molar-refractivity contribution in [2.24, 2.45) is 5.41 Å². The lowest BCUT2D eigenvalue weighted by atomic mass is 9.79. The number of hydrogen-bond donors (Lipinski definition) is 2.